The summed E-state index contributed by atoms with van der Waals surface area (Å²) in [6, 6.07) is 11.7. The highest BCUT2D eigenvalue weighted by molar-refractivity contribution is 5.98. The van der Waals surface area contributed by atoms with Crippen molar-refractivity contribution in [3.63, 3.8) is 0 Å². The van der Waals surface area contributed by atoms with E-state index in [1.165, 1.54) is 12.1 Å². The third-order valence-electron chi connectivity index (χ3n) is 3.39. The highest BCUT2D eigenvalue weighted by Crippen LogP contribution is 2.19. The van der Waals surface area contributed by atoms with Gasteiger partial charge in [-0.2, -0.15) is 0 Å². The van der Waals surface area contributed by atoms with Crippen LogP contribution in [0, 0.1) is 5.82 Å². The van der Waals surface area contributed by atoms with Gasteiger partial charge < -0.3 is 9.88 Å². The maximum Gasteiger partial charge on any atom is 0.268 e. The summed E-state index contributed by atoms with van der Waals surface area (Å²) in [6.45, 7) is 0.357. The van der Waals surface area contributed by atoms with Crippen LogP contribution < -0.4 is 5.32 Å². The maximum atomic E-state index is 13.2. The van der Waals surface area contributed by atoms with E-state index in [4.69, 9.17) is 0 Å². The average molecular weight is 283 g/mol. The Morgan fingerprint density at radius 3 is 2.90 bits per heavy atom. The van der Waals surface area contributed by atoms with Crippen LogP contribution >= 0.6 is 0 Å². The number of rotatable bonds is 3. The molecule has 0 radical (unpaired) electrons. The van der Waals surface area contributed by atoms with E-state index in [-0.39, 0.29) is 11.7 Å². The number of nitrogens with one attached hydrogen (secondary N) is 1. The fourth-order valence-corrected chi connectivity index (χ4v) is 2.30. The number of carbonyl (C=O) groups is 1. The summed E-state index contributed by atoms with van der Waals surface area (Å²) in [5.74, 6) is -0.520. The lowest BCUT2D eigenvalue weighted by molar-refractivity contribution is 0.0942. The minimum absolute atomic E-state index is 0.209. The predicted molar refractivity (Wildman–Crippen MR) is 78.3 cm³/mol. The van der Waals surface area contributed by atoms with E-state index in [0.717, 1.165) is 11.2 Å². The molecule has 0 aliphatic rings. The standard InChI is InChI=1S/C16H14FN3O/c1-20-14-6-5-12(17)8-11(14)9-15(20)16(21)19-10-13-4-2-3-7-18-13/h2-9H,10H2,1H3,(H,19,21). The lowest BCUT2D eigenvalue weighted by atomic mass is 10.2. The number of fused-ring (bicyclic) bond motifs is 1. The van der Waals surface area contributed by atoms with Gasteiger partial charge in [0.05, 0.1) is 12.2 Å². The van der Waals surface area contributed by atoms with Crippen molar-refractivity contribution in [1.29, 1.82) is 0 Å². The summed E-state index contributed by atoms with van der Waals surface area (Å²) in [6.07, 6.45) is 1.68. The van der Waals surface area contributed by atoms with Crippen LogP contribution in [0.15, 0.2) is 48.7 Å². The molecule has 0 atom stereocenters. The van der Waals surface area contributed by atoms with Crippen molar-refractivity contribution in [3.8, 4) is 0 Å². The first-order valence-electron chi connectivity index (χ1n) is 6.58. The Bertz CT molecular complexity index is 796. The molecule has 1 N–H and O–H groups in total. The Balaban J connectivity index is 1.83. The number of aryl methyl sites for hydroxylation is 1. The number of aromatic nitrogens is 2. The molecule has 0 saturated heterocycles. The van der Waals surface area contributed by atoms with E-state index >= 15 is 0 Å². The maximum absolute atomic E-state index is 13.2. The Labute approximate surface area is 121 Å². The van der Waals surface area contributed by atoms with Gasteiger partial charge in [-0.15, -0.1) is 0 Å². The Hall–Kier alpha value is -2.69. The molecule has 0 unspecified atom stereocenters. The molecule has 2 heterocycles. The van der Waals surface area contributed by atoms with Crippen molar-refractivity contribution in [2.24, 2.45) is 7.05 Å². The highest BCUT2D eigenvalue weighted by atomic mass is 19.1. The molecule has 1 aromatic carbocycles. The van der Waals surface area contributed by atoms with Crippen LogP contribution in [-0.4, -0.2) is 15.5 Å². The number of pyridine rings is 1. The molecule has 0 fully saturated rings. The summed E-state index contributed by atoms with van der Waals surface area (Å²) in [7, 11) is 1.79. The van der Waals surface area contributed by atoms with Gasteiger partial charge in [-0.05, 0) is 36.4 Å². The number of hydrogen-bond donors (Lipinski definition) is 1. The van der Waals surface area contributed by atoms with Gasteiger partial charge in [-0.3, -0.25) is 9.78 Å². The fraction of sp³-hybridized carbons (Fsp3) is 0.125. The number of amides is 1. The van der Waals surface area contributed by atoms with Gasteiger partial charge in [-0.1, -0.05) is 6.07 Å². The predicted octanol–water partition coefficient (Wildman–Crippen LogP) is 2.64. The monoisotopic (exact) mass is 283 g/mol. The van der Waals surface area contributed by atoms with E-state index in [0.29, 0.717) is 17.6 Å². The van der Waals surface area contributed by atoms with Crippen LogP contribution in [0.25, 0.3) is 10.9 Å². The SMILES string of the molecule is Cn1c(C(=O)NCc2ccccn2)cc2cc(F)ccc21. The molecular weight excluding hydrogens is 269 g/mol. The minimum atomic E-state index is -0.312. The van der Waals surface area contributed by atoms with Crippen molar-refractivity contribution in [2.45, 2.75) is 6.54 Å². The number of benzene rings is 1. The van der Waals surface area contributed by atoms with Gasteiger partial charge in [-0.25, -0.2) is 4.39 Å². The second kappa shape index (κ2) is 5.36. The molecule has 0 aliphatic carbocycles. The first-order chi connectivity index (χ1) is 10.1. The molecule has 0 saturated carbocycles. The second-order valence-electron chi connectivity index (χ2n) is 4.80. The third kappa shape index (κ3) is 2.63. The second-order valence-corrected chi connectivity index (χ2v) is 4.80. The third-order valence-corrected chi connectivity index (χ3v) is 3.39. The zero-order valence-electron chi connectivity index (χ0n) is 11.5. The van der Waals surface area contributed by atoms with Gasteiger partial charge in [0, 0.05) is 24.1 Å². The van der Waals surface area contributed by atoms with Gasteiger partial charge >= 0.3 is 0 Å². The van der Waals surface area contributed by atoms with Crippen LogP contribution in [0.3, 0.4) is 0 Å². The van der Waals surface area contributed by atoms with E-state index < -0.39 is 0 Å². The molecule has 21 heavy (non-hydrogen) atoms. The fourth-order valence-electron chi connectivity index (χ4n) is 2.30. The molecule has 1 amide bonds. The summed E-state index contributed by atoms with van der Waals surface area (Å²) in [5.41, 5.74) is 2.10. The zero-order valence-corrected chi connectivity index (χ0v) is 11.5. The number of nitrogens with zero attached hydrogens (tertiary/aromatic N) is 2. The molecule has 2 aromatic heterocycles. The number of carbonyl (C=O) groups excluding carboxylic acids is 1. The minimum Gasteiger partial charge on any atom is -0.345 e. The van der Waals surface area contributed by atoms with E-state index in [2.05, 4.69) is 10.3 Å². The summed E-state index contributed by atoms with van der Waals surface area (Å²) in [5, 5.41) is 3.52. The summed E-state index contributed by atoms with van der Waals surface area (Å²) >= 11 is 0. The van der Waals surface area contributed by atoms with Crippen LogP contribution in [0.1, 0.15) is 16.2 Å². The molecule has 5 heteroatoms. The van der Waals surface area contributed by atoms with Crippen molar-refractivity contribution in [2.75, 3.05) is 0 Å². The summed E-state index contributed by atoms with van der Waals surface area (Å²) in [4.78, 5) is 16.4. The number of halogens is 1. The van der Waals surface area contributed by atoms with E-state index in [9.17, 15) is 9.18 Å². The van der Waals surface area contributed by atoms with Crippen LogP contribution in [0.4, 0.5) is 4.39 Å². The van der Waals surface area contributed by atoms with Crippen molar-refractivity contribution >= 4 is 16.8 Å². The van der Waals surface area contributed by atoms with Gasteiger partial charge in [0.2, 0.25) is 0 Å². The Morgan fingerprint density at radius 2 is 2.14 bits per heavy atom. The smallest absolute Gasteiger partial charge is 0.268 e. The molecule has 0 aliphatic heterocycles. The van der Waals surface area contributed by atoms with E-state index in [1.807, 2.05) is 18.2 Å². The lowest BCUT2D eigenvalue weighted by Crippen LogP contribution is -2.25. The normalized spacial score (nSPS) is 10.8. The van der Waals surface area contributed by atoms with E-state index in [1.54, 1.807) is 29.9 Å². The number of hydrogen-bond acceptors (Lipinski definition) is 2. The molecule has 106 valence electrons. The van der Waals surface area contributed by atoms with Gasteiger partial charge in [0.25, 0.3) is 5.91 Å². The quantitative estimate of drug-likeness (QED) is 0.803. The first kappa shape index (κ1) is 13.3. The zero-order chi connectivity index (χ0) is 14.8. The molecule has 3 aromatic rings. The lowest BCUT2D eigenvalue weighted by Gasteiger charge is -2.06. The topological polar surface area (TPSA) is 46.9 Å². The van der Waals surface area contributed by atoms with Crippen LogP contribution in [-0.2, 0) is 13.6 Å². The molecule has 0 bridgehead atoms. The van der Waals surface area contributed by atoms with Gasteiger partial charge in [0.15, 0.2) is 0 Å². The molecule has 3 rings (SSSR count). The molecule has 0 spiro atoms. The van der Waals surface area contributed by atoms with Crippen LogP contribution in [0.5, 0.6) is 0 Å². The molecular formula is C16H14FN3O. The molecule has 4 nitrogen and oxygen atoms in total. The van der Waals surface area contributed by atoms with Gasteiger partial charge in [0.1, 0.15) is 11.5 Å². The average Bonchev–Trinajstić information content (AvgIpc) is 2.82. The van der Waals surface area contributed by atoms with Crippen molar-refractivity contribution in [3.05, 3.63) is 65.9 Å². The highest BCUT2D eigenvalue weighted by Gasteiger charge is 2.13. The Morgan fingerprint density at radius 1 is 1.29 bits per heavy atom. The van der Waals surface area contributed by atoms with Crippen molar-refractivity contribution in [1.82, 2.24) is 14.9 Å². The first-order valence-corrected chi connectivity index (χ1v) is 6.58. The summed E-state index contributed by atoms with van der Waals surface area (Å²) < 4.78 is 15.0. The van der Waals surface area contributed by atoms with Crippen LogP contribution in [0.2, 0.25) is 0 Å². The Kier molecular flexibility index (Phi) is 3.39. The van der Waals surface area contributed by atoms with Crippen molar-refractivity contribution < 1.29 is 9.18 Å². The largest absolute Gasteiger partial charge is 0.345 e.